The molecule has 1 N–H and O–H groups in total. The van der Waals surface area contributed by atoms with Crippen molar-refractivity contribution in [2.75, 3.05) is 0 Å². The third-order valence-electron chi connectivity index (χ3n) is 4.84. The summed E-state index contributed by atoms with van der Waals surface area (Å²) >= 11 is 0. The van der Waals surface area contributed by atoms with Gasteiger partial charge in [0.25, 0.3) is 5.91 Å². The molecule has 1 amide bonds. The molecule has 7 nitrogen and oxygen atoms in total. The van der Waals surface area contributed by atoms with Crippen LogP contribution in [0.15, 0.2) is 24.3 Å². The number of hydroxylamine groups is 4. The lowest BCUT2D eigenvalue weighted by Crippen LogP contribution is -2.60. The normalized spacial score (nSPS) is 22.6. The lowest BCUT2D eigenvalue weighted by atomic mass is 9.80. The molecule has 0 unspecified atom stereocenters. The van der Waals surface area contributed by atoms with E-state index in [2.05, 4.69) is 0 Å². The van der Waals surface area contributed by atoms with Gasteiger partial charge in [-0.2, -0.15) is 10.1 Å². The maximum Gasteiger partial charge on any atom is 0.533 e. The van der Waals surface area contributed by atoms with Crippen molar-refractivity contribution in [1.82, 2.24) is 10.1 Å². The van der Waals surface area contributed by atoms with Crippen LogP contribution in [-0.2, 0) is 16.1 Å². The quantitative estimate of drug-likeness (QED) is 0.827. The van der Waals surface area contributed by atoms with E-state index >= 15 is 0 Å². The van der Waals surface area contributed by atoms with Crippen LogP contribution in [0.5, 0.6) is 0 Å². The number of rotatable bonds is 2. The van der Waals surface area contributed by atoms with Gasteiger partial charge < -0.3 is 14.8 Å². The number of hydrogen-bond donors (Lipinski definition) is 1. The van der Waals surface area contributed by atoms with E-state index in [0.29, 0.717) is 18.4 Å². The number of amides is 1. The zero-order valence-electron chi connectivity index (χ0n) is 15.0. The number of fused-ring (bicyclic) bond motifs is 1. The largest absolute Gasteiger partial charge is 0.533 e. The Bertz CT molecular complexity index is 682. The fourth-order valence-electron chi connectivity index (χ4n) is 3.81. The summed E-state index contributed by atoms with van der Waals surface area (Å²) in [5.74, 6) is -0.349. The molecule has 1 fully saturated rings. The molecule has 2 aliphatic rings. The van der Waals surface area contributed by atoms with E-state index in [0.717, 1.165) is 10.6 Å². The van der Waals surface area contributed by atoms with Gasteiger partial charge in [-0.15, -0.1) is 0 Å². The van der Waals surface area contributed by atoms with Crippen molar-refractivity contribution >= 4 is 12.1 Å². The van der Waals surface area contributed by atoms with Crippen LogP contribution in [0.3, 0.4) is 0 Å². The van der Waals surface area contributed by atoms with Gasteiger partial charge in [-0.05, 0) is 39.3 Å². The average Bonchev–Trinajstić information content (AvgIpc) is 2.81. The standard InChI is InChI=1S/C18H24N2O5/c1-17(2)9-13(10-18(3,4)20(17)23)24-16(22)25-19-11-12-7-5-6-8-14(12)15(19)21/h5-8,13,23H,9-11H2,1-4H3. The Morgan fingerprint density at radius 3 is 2.36 bits per heavy atom. The smallest absolute Gasteiger partial charge is 0.429 e. The third kappa shape index (κ3) is 3.34. The maximum absolute atomic E-state index is 12.2. The summed E-state index contributed by atoms with van der Waals surface area (Å²) in [6.45, 7) is 7.76. The first-order chi connectivity index (χ1) is 11.6. The van der Waals surface area contributed by atoms with Crippen LogP contribution < -0.4 is 0 Å². The molecule has 0 spiro atoms. The minimum absolute atomic E-state index is 0.218. The number of hydrogen-bond acceptors (Lipinski definition) is 6. The van der Waals surface area contributed by atoms with Crippen LogP contribution in [-0.4, -0.2) is 44.6 Å². The monoisotopic (exact) mass is 348 g/mol. The van der Waals surface area contributed by atoms with Gasteiger partial charge in [0.05, 0.1) is 6.54 Å². The SMILES string of the molecule is CC1(C)CC(OC(=O)ON2Cc3ccccc3C2=O)CC(C)(C)N1O. The average molecular weight is 348 g/mol. The molecule has 0 saturated carbocycles. The lowest BCUT2D eigenvalue weighted by Gasteiger charge is -2.50. The van der Waals surface area contributed by atoms with Crippen LogP contribution in [0.1, 0.15) is 56.5 Å². The molecule has 2 aliphatic heterocycles. The third-order valence-corrected chi connectivity index (χ3v) is 4.84. The molecule has 1 saturated heterocycles. The van der Waals surface area contributed by atoms with Crippen LogP contribution in [0.25, 0.3) is 0 Å². The minimum atomic E-state index is -0.899. The summed E-state index contributed by atoms with van der Waals surface area (Å²) in [5.41, 5.74) is 0.279. The summed E-state index contributed by atoms with van der Waals surface area (Å²) in [6, 6.07) is 7.13. The molecular formula is C18H24N2O5. The molecule has 0 radical (unpaired) electrons. The summed E-state index contributed by atoms with van der Waals surface area (Å²) < 4.78 is 5.43. The molecule has 25 heavy (non-hydrogen) atoms. The molecule has 2 heterocycles. The van der Waals surface area contributed by atoms with E-state index in [-0.39, 0.29) is 12.5 Å². The maximum atomic E-state index is 12.2. The van der Waals surface area contributed by atoms with Crippen LogP contribution in [0.4, 0.5) is 4.79 Å². The molecule has 1 aromatic carbocycles. The Balaban J connectivity index is 1.61. The first-order valence-electron chi connectivity index (χ1n) is 8.38. The summed E-state index contributed by atoms with van der Waals surface area (Å²) in [7, 11) is 0. The molecule has 0 atom stereocenters. The predicted octanol–water partition coefficient (Wildman–Crippen LogP) is 3.12. The van der Waals surface area contributed by atoms with E-state index in [1.807, 2.05) is 39.8 Å². The van der Waals surface area contributed by atoms with Crippen LogP contribution in [0.2, 0.25) is 0 Å². The molecule has 7 heteroatoms. The Morgan fingerprint density at radius 2 is 1.76 bits per heavy atom. The van der Waals surface area contributed by atoms with Crippen LogP contribution in [0, 0.1) is 0 Å². The highest BCUT2D eigenvalue weighted by Crippen LogP contribution is 2.38. The fraction of sp³-hybridized carbons (Fsp3) is 0.556. The van der Waals surface area contributed by atoms with Crippen molar-refractivity contribution < 1.29 is 24.4 Å². The highest BCUT2D eigenvalue weighted by atomic mass is 16.8. The van der Waals surface area contributed by atoms with Crippen molar-refractivity contribution in [3.05, 3.63) is 35.4 Å². The zero-order valence-corrected chi connectivity index (χ0v) is 15.0. The predicted molar refractivity (Wildman–Crippen MR) is 88.7 cm³/mol. The van der Waals surface area contributed by atoms with Gasteiger partial charge in [0, 0.05) is 29.5 Å². The molecule has 0 bridgehead atoms. The second-order valence-electron chi connectivity index (χ2n) is 7.92. The summed E-state index contributed by atoms with van der Waals surface area (Å²) in [5, 5.41) is 12.6. The topological polar surface area (TPSA) is 79.3 Å². The Hall–Kier alpha value is -2.12. The number of nitrogens with zero attached hydrogens (tertiary/aromatic N) is 2. The van der Waals surface area contributed by atoms with E-state index in [4.69, 9.17) is 9.57 Å². The summed E-state index contributed by atoms with van der Waals surface area (Å²) in [6.07, 6.45) is -0.364. The highest BCUT2D eigenvalue weighted by molar-refractivity contribution is 5.98. The number of benzene rings is 1. The van der Waals surface area contributed by atoms with Gasteiger partial charge in [-0.25, -0.2) is 4.79 Å². The van der Waals surface area contributed by atoms with Crippen molar-refractivity contribution in [2.45, 2.75) is 64.3 Å². The van der Waals surface area contributed by atoms with Crippen molar-refractivity contribution in [3.63, 3.8) is 0 Å². The van der Waals surface area contributed by atoms with E-state index < -0.39 is 23.3 Å². The van der Waals surface area contributed by atoms with Crippen molar-refractivity contribution in [2.24, 2.45) is 0 Å². The molecule has 136 valence electrons. The number of ether oxygens (including phenoxy) is 1. The van der Waals surface area contributed by atoms with Crippen molar-refractivity contribution in [3.8, 4) is 0 Å². The van der Waals surface area contributed by atoms with E-state index in [1.165, 1.54) is 5.06 Å². The van der Waals surface area contributed by atoms with E-state index in [9.17, 15) is 14.8 Å². The molecule has 3 rings (SSSR count). The molecule has 0 aromatic heterocycles. The van der Waals surface area contributed by atoms with Gasteiger partial charge in [0.1, 0.15) is 6.10 Å². The molecule has 0 aliphatic carbocycles. The van der Waals surface area contributed by atoms with Gasteiger partial charge in [-0.3, -0.25) is 4.79 Å². The van der Waals surface area contributed by atoms with Gasteiger partial charge in [-0.1, -0.05) is 18.2 Å². The van der Waals surface area contributed by atoms with Crippen LogP contribution >= 0.6 is 0 Å². The lowest BCUT2D eigenvalue weighted by molar-refractivity contribution is -0.259. The molecular weight excluding hydrogens is 324 g/mol. The number of piperidine rings is 1. The minimum Gasteiger partial charge on any atom is -0.429 e. The molecule has 1 aromatic rings. The Morgan fingerprint density at radius 1 is 1.16 bits per heavy atom. The van der Waals surface area contributed by atoms with Gasteiger partial charge in [0.2, 0.25) is 0 Å². The Labute approximate surface area is 147 Å². The first-order valence-corrected chi connectivity index (χ1v) is 8.38. The second kappa shape index (κ2) is 6.00. The zero-order chi connectivity index (χ0) is 18.4. The number of carbonyl (C=O) groups excluding carboxylic acids is 2. The summed E-state index contributed by atoms with van der Waals surface area (Å²) in [4.78, 5) is 29.5. The number of carbonyl (C=O) groups is 2. The first kappa shape index (κ1) is 17.7. The Kier molecular flexibility index (Phi) is 4.25. The van der Waals surface area contributed by atoms with Gasteiger partial charge >= 0.3 is 6.16 Å². The van der Waals surface area contributed by atoms with E-state index in [1.54, 1.807) is 12.1 Å². The second-order valence-corrected chi connectivity index (χ2v) is 7.92. The van der Waals surface area contributed by atoms with Gasteiger partial charge in [0.15, 0.2) is 0 Å². The van der Waals surface area contributed by atoms with Crippen molar-refractivity contribution in [1.29, 1.82) is 0 Å². The fourth-order valence-corrected chi connectivity index (χ4v) is 3.81. The highest BCUT2D eigenvalue weighted by Gasteiger charge is 2.46.